The van der Waals surface area contributed by atoms with Crippen LogP contribution in [0.25, 0.3) is 0 Å². The highest BCUT2D eigenvalue weighted by Crippen LogP contribution is 2.24. The van der Waals surface area contributed by atoms with Gasteiger partial charge in [-0.2, -0.15) is 0 Å². The lowest BCUT2D eigenvalue weighted by Crippen LogP contribution is -2.30. The molecule has 1 aromatic heterocycles. The molecule has 10 heteroatoms. The molecule has 0 aliphatic rings. The van der Waals surface area contributed by atoms with Crippen LogP contribution in [0.3, 0.4) is 0 Å². The Morgan fingerprint density at radius 3 is 2.54 bits per heavy atom. The van der Waals surface area contributed by atoms with Gasteiger partial charge in [0, 0.05) is 0 Å². The van der Waals surface area contributed by atoms with E-state index in [4.69, 9.17) is 4.74 Å². The maximum Gasteiger partial charge on any atom is 0.266 e. The summed E-state index contributed by atoms with van der Waals surface area (Å²) in [5, 5.41) is 9.80. The minimum absolute atomic E-state index is 0.0145. The molecule has 0 saturated heterocycles. The average Bonchev–Trinajstić information content (AvgIpc) is 3.13. The molecule has 0 radical (unpaired) electrons. The summed E-state index contributed by atoms with van der Waals surface area (Å²) in [7, 11) is -3.69. The van der Waals surface area contributed by atoms with Gasteiger partial charge in [0.2, 0.25) is 19.3 Å². The Morgan fingerprint density at radius 2 is 1.82 bits per heavy atom. The zero-order chi connectivity index (χ0) is 20.1. The Kier molecular flexibility index (Phi) is 6.00. The van der Waals surface area contributed by atoms with Crippen LogP contribution in [0.5, 0.6) is 5.75 Å². The normalized spacial score (nSPS) is 12.4. The van der Waals surface area contributed by atoms with E-state index in [0.29, 0.717) is 5.56 Å². The fourth-order valence-electron chi connectivity index (χ4n) is 2.23. The monoisotopic (exact) mass is 421 g/mol. The predicted molar refractivity (Wildman–Crippen MR) is 102 cm³/mol. The number of nitrogens with zero attached hydrogens (tertiary/aromatic N) is 2. The third-order valence-electron chi connectivity index (χ3n) is 3.61. The van der Waals surface area contributed by atoms with E-state index < -0.39 is 27.7 Å². The molecule has 0 spiro atoms. The first-order valence-electron chi connectivity index (χ1n) is 8.17. The minimum Gasteiger partial charge on any atom is -0.478 e. The molecule has 0 bridgehead atoms. The number of hydrogen-bond acceptors (Lipinski definition) is 7. The second kappa shape index (κ2) is 8.44. The molecule has 0 saturated carbocycles. The summed E-state index contributed by atoms with van der Waals surface area (Å²) in [5.74, 6) is -1.48. The van der Waals surface area contributed by atoms with E-state index in [1.54, 1.807) is 36.4 Å². The lowest BCUT2D eigenvalue weighted by Gasteiger charge is -2.13. The molecule has 0 aliphatic carbocycles. The van der Waals surface area contributed by atoms with Gasteiger partial charge in [0.25, 0.3) is 5.91 Å². The van der Waals surface area contributed by atoms with Crippen LogP contribution in [0.4, 0.5) is 9.52 Å². The Morgan fingerprint density at radius 1 is 1.14 bits per heavy atom. The Balaban J connectivity index is 1.65. The molecule has 3 rings (SSSR count). The Labute approximate surface area is 165 Å². The van der Waals surface area contributed by atoms with Crippen molar-refractivity contribution in [3.63, 3.8) is 0 Å². The fourth-order valence-corrected chi connectivity index (χ4v) is 4.55. The lowest BCUT2D eigenvalue weighted by molar-refractivity contribution is -0.122. The van der Waals surface area contributed by atoms with Gasteiger partial charge in [0.05, 0.1) is 5.75 Å². The van der Waals surface area contributed by atoms with Crippen molar-refractivity contribution < 1.29 is 22.3 Å². The number of amides is 1. The van der Waals surface area contributed by atoms with Gasteiger partial charge in [-0.3, -0.25) is 10.1 Å². The van der Waals surface area contributed by atoms with Crippen molar-refractivity contribution in [2.45, 2.75) is 23.1 Å². The van der Waals surface area contributed by atoms with Crippen LogP contribution in [-0.4, -0.2) is 30.6 Å². The lowest BCUT2D eigenvalue weighted by atomic mass is 10.2. The topological polar surface area (TPSA) is 98.2 Å². The highest BCUT2D eigenvalue weighted by molar-refractivity contribution is 7.92. The van der Waals surface area contributed by atoms with Crippen LogP contribution in [0.1, 0.15) is 12.5 Å². The van der Waals surface area contributed by atoms with Crippen molar-refractivity contribution in [1.82, 2.24) is 10.2 Å². The van der Waals surface area contributed by atoms with Gasteiger partial charge in [-0.05, 0) is 24.6 Å². The van der Waals surface area contributed by atoms with E-state index in [9.17, 15) is 17.6 Å². The predicted octanol–water partition coefficient (Wildman–Crippen LogP) is 3.06. The maximum absolute atomic E-state index is 13.6. The number of para-hydroxylation sites is 1. The molecule has 28 heavy (non-hydrogen) atoms. The van der Waals surface area contributed by atoms with E-state index in [2.05, 4.69) is 15.5 Å². The SMILES string of the molecule is C[C@H](Oc1ccccc1F)C(=O)Nc1nnc(S(=O)(=O)Cc2ccccc2)s1. The summed E-state index contributed by atoms with van der Waals surface area (Å²) in [6, 6.07) is 14.4. The third-order valence-corrected chi connectivity index (χ3v) is 6.58. The van der Waals surface area contributed by atoms with Crippen LogP contribution in [0.2, 0.25) is 0 Å². The van der Waals surface area contributed by atoms with Crippen LogP contribution in [-0.2, 0) is 20.4 Å². The number of halogens is 1. The summed E-state index contributed by atoms with van der Waals surface area (Å²) in [6.07, 6.45) is -1.02. The molecule has 1 amide bonds. The molecule has 1 heterocycles. The zero-order valence-corrected chi connectivity index (χ0v) is 16.3. The molecule has 0 fully saturated rings. The van der Waals surface area contributed by atoms with Gasteiger partial charge in [-0.1, -0.05) is 53.8 Å². The molecule has 0 unspecified atom stereocenters. The highest BCUT2D eigenvalue weighted by atomic mass is 32.2. The van der Waals surface area contributed by atoms with Crippen LogP contribution in [0.15, 0.2) is 58.9 Å². The van der Waals surface area contributed by atoms with Crippen LogP contribution in [0, 0.1) is 5.82 Å². The maximum atomic E-state index is 13.6. The van der Waals surface area contributed by atoms with Crippen molar-refractivity contribution in [2.75, 3.05) is 5.32 Å². The number of carbonyl (C=O) groups is 1. The fraction of sp³-hybridized carbons (Fsp3) is 0.167. The standard InChI is InChI=1S/C18H16FN3O4S2/c1-12(26-15-10-6-5-9-14(15)19)16(23)20-17-21-22-18(27-17)28(24,25)11-13-7-3-2-4-8-13/h2-10,12H,11H2,1H3,(H,20,21,23)/t12-/m0/s1. The molecular formula is C18H16FN3O4S2. The molecule has 146 valence electrons. The first-order valence-corrected chi connectivity index (χ1v) is 10.6. The number of nitrogens with one attached hydrogen (secondary N) is 1. The van der Waals surface area contributed by atoms with Crippen LogP contribution >= 0.6 is 11.3 Å². The third kappa shape index (κ3) is 4.90. The number of hydrogen-bond donors (Lipinski definition) is 1. The largest absolute Gasteiger partial charge is 0.478 e. The van der Waals surface area contributed by atoms with Crippen molar-refractivity contribution in [2.24, 2.45) is 0 Å². The number of carbonyl (C=O) groups excluding carboxylic acids is 1. The van der Waals surface area contributed by atoms with Gasteiger partial charge in [-0.15, -0.1) is 10.2 Å². The number of anilines is 1. The number of benzene rings is 2. The number of rotatable bonds is 7. The summed E-state index contributed by atoms with van der Waals surface area (Å²) >= 11 is 0.742. The average molecular weight is 421 g/mol. The number of sulfone groups is 1. The van der Waals surface area contributed by atoms with Gasteiger partial charge >= 0.3 is 0 Å². The van der Waals surface area contributed by atoms with E-state index in [1.165, 1.54) is 25.1 Å². The van der Waals surface area contributed by atoms with Crippen molar-refractivity contribution in [1.29, 1.82) is 0 Å². The minimum atomic E-state index is -3.69. The highest BCUT2D eigenvalue weighted by Gasteiger charge is 2.23. The first-order chi connectivity index (χ1) is 13.3. The molecule has 0 aliphatic heterocycles. The van der Waals surface area contributed by atoms with E-state index in [0.717, 1.165) is 11.3 Å². The van der Waals surface area contributed by atoms with E-state index >= 15 is 0 Å². The van der Waals surface area contributed by atoms with Gasteiger partial charge in [0.1, 0.15) is 0 Å². The number of aromatic nitrogens is 2. The van der Waals surface area contributed by atoms with Crippen LogP contribution < -0.4 is 10.1 Å². The van der Waals surface area contributed by atoms with E-state index in [-0.39, 0.29) is 21.0 Å². The first kappa shape index (κ1) is 19.9. The summed E-state index contributed by atoms with van der Waals surface area (Å²) in [6.45, 7) is 1.44. The summed E-state index contributed by atoms with van der Waals surface area (Å²) < 4.78 is 43.6. The van der Waals surface area contributed by atoms with Crippen molar-refractivity contribution in [3.8, 4) is 5.75 Å². The summed E-state index contributed by atoms with van der Waals surface area (Å²) in [5.41, 5.74) is 0.621. The molecular weight excluding hydrogens is 405 g/mol. The van der Waals surface area contributed by atoms with Crippen molar-refractivity contribution >= 4 is 32.2 Å². The Bertz CT molecular complexity index is 1070. The molecule has 1 N–H and O–H groups in total. The molecule has 3 aromatic rings. The molecule has 1 atom stereocenters. The number of ether oxygens (including phenoxy) is 1. The van der Waals surface area contributed by atoms with Gasteiger partial charge < -0.3 is 4.74 Å². The second-order valence-corrected chi connectivity index (χ2v) is 8.94. The Hall–Kier alpha value is -2.85. The van der Waals surface area contributed by atoms with Crippen molar-refractivity contribution in [3.05, 3.63) is 66.0 Å². The smallest absolute Gasteiger partial charge is 0.266 e. The second-order valence-electron chi connectivity index (χ2n) is 5.80. The van der Waals surface area contributed by atoms with Gasteiger partial charge in [0.15, 0.2) is 17.7 Å². The van der Waals surface area contributed by atoms with E-state index in [1.807, 2.05) is 0 Å². The summed E-state index contributed by atoms with van der Waals surface area (Å²) in [4.78, 5) is 12.2. The quantitative estimate of drug-likeness (QED) is 0.589. The van der Waals surface area contributed by atoms with Gasteiger partial charge in [-0.25, -0.2) is 12.8 Å². The molecule has 2 aromatic carbocycles. The molecule has 7 nitrogen and oxygen atoms in total. The zero-order valence-electron chi connectivity index (χ0n) is 14.7.